The Hall–Kier alpha value is -1.36. The first kappa shape index (κ1) is 16.0. The quantitative estimate of drug-likeness (QED) is 0.933. The van der Waals surface area contributed by atoms with Gasteiger partial charge in [-0.25, -0.2) is 0 Å². The average Bonchev–Trinajstić information content (AvgIpc) is 2.78. The molecular formula is C16H24N2O2S. The van der Waals surface area contributed by atoms with Gasteiger partial charge in [0, 0.05) is 35.3 Å². The standard InChI is InChI=1S/C16H24N2O2S/c1-10(2)17-15(19)13-5-7-18(8-6-13)16(20)14-9-21-12(4)11(14)3/h9-10,13H,5-8H2,1-4H3,(H,17,19). The van der Waals surface area contributed by atoms with Gasteiger partial charge in [0.05, 0.1) is 5.56 Å². The van der Waals surface area contributed by atoms with Crippen molar-refractivity contribution in [2.24, 2.45) is 5.92 Å². The first-order valence-corrected chi connectivity index (χ1v) is 8.42. The third-order valence-corrected chi connectivity index (χ3v) is 5.11. The Morgan fingerprint density at radius 1 is 1.29 bits per heavy atom. The van der Waals surface area contributed by atoms with E-state index < -0.39 is 0 Å². The second-order valence-corrected chi connectivity index (χ2v) is 7.14. The summed E-state index contributed by atoms with van der Waals surface area (Å²) < 4.78 is 0. The molecule has 21 heavy (non-hydrogen) atoms. The van der Waals surface area contributed by atoms with E-state index in [1.807, 2.05) is 38.0 Å². The van der Waals surface area contributed by atoms with Crippen LogP contribution in [-0.4, -0.2) is 35.8 Å². The van der Waals surface area contributed by atoms with Crippen LogP contribution in [0.1, 0.15) is 47.5 Å². The summed E-state index contributed by atoms with van der Waals surface area (Å²) in [7, 11) is 0. The van der Waals surface area contributed by atoms with Crippen molar-refractivity contribution in [2.45, 2.75) is 46.6 Å². The molecule has 0 radical (unpaired) electrons. The molecular weight excluding hydrogens is 284 g/mol. The lowest BCUT2D eigenvalue weighted by Crippen LogP contribution is -2.44. The van der Waals surface area contributed by atoms with Crippen molar-refractivity contribution in [3.63, 3.8) is 0 Å². The number of likely N-dealkylation sites (tertiary alicyclic amines) is 1. The molecule has 1 aromatic heterocycles. The van der Waals surface area contributed by atoms with Gasteiger partial charge >= 0.3 is 0 Å². The van der Waals surface area contributed by atoms with Gasteiger partial charge in [0.15, 0.2) is 0 Å². The van der Waals surface area contributed by atoms with Crippen LogP contribution in [0.25, 0.3) is 0 Å². The lowest BCUT2D eigenvalue weighted by molar-refractivity contribution is -0.126. The minimum absolute atomic E-state index is 0.0433. The zero-order chi connectivity index (χ0) is 15.6. The third-order valence-electron chi connectivity index (χ3n) is 4.10. The lowest BCUT2D eigenvalue weighted by atomic mass is 9.95. The SMILES string of the molecule is Cc1scc(C(=O)N2CCC(C(=O)NC(C)C)CC2)c1C. The Bertz CT molecular complexity index is 528. The molecule has 1 aliphatic heterocycles. The maximum Gasteiger partial charge on any atom is 0.254 e. The molecule has 5 heteroatoms. The topological polar surface area (TPSA) is 49.4 Å². The van der Waals surface area contributed by atoms with Crippen LogP contribution in [0.4, 0.5) is 0 Å². The number of carbonyl (C=O) groups excluding carboxylic acids is 2. The molecule has 0 spiro atoms. The number of rotatable bonds is 3. The van der Waals surface area contributed by atoms with Crippen LogP contribution in [0.3, 0.4) is 0 Å². The van der Waals surface area contributed by atoms with Gasteiger partial charge < -0.3 is 10.2 Å². The molecule has 2 rings (SSSR count). The normalized spacial score (nSPS) is 16.3. The van der Waals surface area contributed by atoms with E-state index in [2.05, 4.69) is 5.32 Å². The van der Waals surface area contributed by atoms with E-state index in [1.165, 1.54) is 4.88 Å². The van der Waals surface area contributed by atoms with Crippen molar-refractivity contribution in [2.75, 3.05) is 13.1 Å². The van der Waals surface area contributed by atoms with Crippen LogP contribution in [0.2, 0.25) is 0 Å². The number of carbonyl (C=O) groups is 2. The van der Waals surface area contributed by atoms with Crippen molar-refractivity contribution in [3.8, 4) is 0 Å². The summed E-state index contributed by atoms with van der Waals surface area (Å²) in [6.45, 7) is 9.32. The Kier molecular flexibility index (Phi) is 5.04. The lowest BCUT2D eigenvalue weighted by Gasteiger charge is -2.31. The van der Waals surface area contributed by atoms with Crippen LogP contribution >= 0.6 is 11.3 Å². The maximum absolute atomic E-state index is 12.5. The summed E-state index contributed by atoms with van der Waals surface area (Å²) in [6, 6.07) is 0.175. The van der Waals surface area contributed by atoms with E-state index in [4.69, 9.17) is 0 Å². The number of hydrogen-bond acceptors (Lipinski definition) is 3. The molecule has 1 aromatic rings. The number of piperidine rings is 1. The van der Waals surface area contributed by atoms with E-state index in [0.717, 1.165) is 24.0 Å². The molecule has 0 atom stereocenters. The maximum atomic E-state index is 12.5. The number of nitrogens with zero attached hydrogens (tertiary/aromatic N) is 1. The summed E-state index contributed by atoms with van der Waals surface area (Å²) in [5.74, 6) is 0.279. The minimum Gasteiger partial charge on any atom is -0.354 e. The Morgan fingerprint density at radius 3 is 2.38 bits per heavy atom. The largest absolute Gasteiger partial charge is 0.354 e. The fourth-order valence-electron chi connectivity index (χ4n) is 2.64. The second kappa shape index (κ2) is 6.60. The molecule has 1 saturated heterocycles. The van der Waals surface area contributed by atoms with Crippen molar-refractivity contribution in [1.82, 2.24) is 10.2 Å². The van der Waals surface area contributed by atoms with Gasteiger partial charge in [-0.05, 0) is 46.1 Å². The number of nitrogens with one attached hydrogen (secondary N) is 1. The molecule has 0 aromatic carbocycles. The van der Waals surface area contributed by atoms with Gasteiger partial charge in [-0.15, -0.1) is 11.3 Å². The van der Waals surface area contributed by atoms with E-state index in [1.54, 1.807) is 11.3 Å². The first-order valence-electron chi connectivity index (χ1n) is 7.54. The van der Waals surface area contributed by atoms with Crippen LogP contribution in [-0.2, 0) is 4.79 Å². The van der Waals surface area contributed by atoms with Gasteiger partial charge in [-0.2, -0.15) is 0 Å². The Morgan fingerprint density at radius 2 is 1.90 bits per heavy atom. The highest BCUT2D eigenvalue weighted by atomic mass is 32.1. The number of hydrogen-bond donors (Lipinski definition) is 1. The fourth-order valence-corrected chi connectivity index (χ4v) is 3.50. The molecule has 1 fully saturated rings. The van der Waals surface area contributed by atoms with E-state index in [-0.39, 0.29) is 23.8 Å². The first-order chi connectivity index (χ1) is 9.90. The van der Waals surface area contributed by atoms with E-state index >= 15 is 0 Å². The molecule has 0 aliphatic carbocycles. The molecule has 2 heterocycles. The molecule has 1 aliphatic rings. The summed E-state index contributed by atoms with van der Waals surface area (Å²) in [4.78, 5) is 27.6. The Labute approximate surface area is 130 Å². The predicted molar refractivity (Wildman–Crippen MR) is 85.7 cm³/mol. The molecule has 116 valence electrons. The molecule has 2 amide bonds. The van der Waals surface area contributed by atoms with Crippen molar-refractivity contribution in [1.29, 1.82) is 0 Å². The van der Waals surface area contributed by atoms with Gasteiger partial charge in [-0.3, -0.25) is 9.59 Å². The molecule has 0 bridgehead atoms. The monoisotopic (exact) mass is 308 g/mol. The Balaban J connectivity index is 1.93. The highest BCUT2D eigenvalue weighted by molar-refractivity contribution is 7.10. The van der Waals surface area contributed by atoms with Crippen molar-refractivity contribution in [3.05, 3.63) is 21.4 Å². The van der Waals surface area contributed by atoms with Crippen LogP contribution in [0.15, 0.2) is 5.38 Å². The summed E-state index contributed by atoms with van der Waals surface area (Å²) >= 11 is 1.62. The average molecular weight is 308 g/mol. The number of aryl methyl sites for hydroxylation is 1. The molecule has 0 unspecified atom stereocenters. The highest BCUT2D eigenvalue weighted by Crippen LogP contribution is 2.25. The van der Waals surface area contributed by atoms with Crippen LogP contribution < -0.4 is 5.32 Å². The number of amides is 2. The van der Waals surface area contributed by atoms with Crippen LogP contribution in [0.5, 0.6) is 0 Å². The zero-order valence-corrected chi connectivity index (χ0v) is 14.0. The minimum atomic E-state index is 0.0433. The van der Waals surface area contributed by atoms with Gasteiger partial charge in [0.2, 0.25) is 5.91 Å². The van der Waals surface area contributed by atoms with E-state index in [0.29, 0.717) is 13.1 Å². The van der Waals surface area contributed by atoms with Gasteiger partial charge in [0.25, 0.3) is 5.91 Å². The van der Waals surface area contributed by atoms with Crippen LogP contribution in [0, 0.1) is 19.8 Å². The van der Waals surface area contributed by atoms with Crippen molar-refractivity contribution >= 4 is 23.2 Å². The van der Waals surface area contributed by atoms with Gasteiger partial charge in [-0.1, -0.05) is 0 Å². The smallest absolute Gasteiger partial charge is 0.254 e. The summed E-state index contributed by atoms with van der Waals surface area (Å²) in [5, 5.41) is 4.91. The molecule has 0 saturated carbocycles. The molecule has 1 N–H and O–H groups in total. The molecule has 4 nitrogen and oxygen atoms in total. The third kappa shape index (κ3) is 3.64. The predicted octanol–water partition coefficient (Wildman–Crippen LogP) is 2.74. The van der Waals surface area contributed by atoms with Gasteiger partial charge in [0.1, 0.15) is 0 Å². The van der Waals surface area contributed by atoms with E-state index in [9.17, 15) is 9.59 Å². The summed E-state index contributed by atoms with van der Waals surface area (Å²) in [5.41, 5.74) is 1.91. The fraction of sp³-hybridized carbons (Fsp3) is 0.625. The summed E-state index contributed by atoms with van der Waals surface area (Å²) in [6.07, 6.45) is 1.51. The van der Waals surface area contributed by atoms with Crippen molar-refractivity contribution < 1.29 is 9.59 Å². The second-order valence-electron chi connectivity index (χ2n) is 6.06. The number of thiophene rings is 1. The zero-order valence-electron chi connectivity index (χ0n) is 13.2. The highest BCUT2D eigenvalue weighted by Gasteiger charge is 2.28.